The number of aromatic nitrogens is 2. The zero-order valence-corrected chi connectivity index (χ0v) is 12.5. The van der Waals surface area contributed by atoms with E-state index in [0.717, 1.165) is 5.56 Å². The highest BCUT2D eigenvalue weighted by atomic mass is 35.5. The molecule has 0 saturated heterocycles. The Hall–Kier alpha value is -2.99. The van der Waals surface area contributed by atoms with Gasteiger partial charge in [-0.05, 0) is 23.8 Å². The van der Waals surface area contributed by atoms with Gasteiger partial charge < -0.3 is 0 Å². The maximum Gasteiger partial charge on any atom is 0.292 e. The number of carbonyl (C=O) groups is 1. The van der Waals surface area contributed by atoms with E-state index in [1.807, 2.05) is 0 Å². The lowest BCUT2D eigenvalue weighted by Gasteiger charge is -2.03. The first-order chi connectivity index (χ1) is 11.1. The summed E-state index contributed by atoms with van der Waals surface area (Å²) in [5.41, 5.74) is 2.93. The van der Waals surface area contributed by atoms with E-state index in [2.05, 4.69) is 20.7 Å². The van der Waals surface area contributed by atoms with Crippen molar-refractivity contribution in [1.82, 2.24) is 15.6 Å². The third-order valence-corrected chi connectivity index (χ3v) is 3.41. The minimum atomic E-state index is -0.511. The Balaban J connectivity index is 1.83. The number of H-pyrrole nitrogens is 1. The fraction of sp³-hybridized carbons (Fsp3) is 0. The first-order valence-corrected chi connectivity index (χ1v) is 7.09. The minimum Gasteiger partial charge on any atom is -0.267 e. The summed E-state index contributed by atoms with van der Waals surface area (Å²) in [5.74, 6) is -0.511. The van der Waals surface area contributed by atoms with Crippen LogP contribution in [0.1, 0.15) is 16.1 Å². The number of halogens is 1. The van der Waals surface area contributed by atoms with Crippen LogP contribution >= 0.6 is 11.6 Å². The summed E-state index contributed by atoms with van der Waals surface area (Å²) in [7, 11) is 0. The summed E-state index contributed by atoms with van der Waals surface area (Å²) in [6, 6.07) is 13.7. The second kappa shape index (κ2) is 6.41. The number of aromatic amines is 1. The lowest BCUT2D eigenvalue weighted by molar-refractivity contribution is 0.0951. The van der Waals surface area contributed by atoms with Gasteiger partial charge in [0.2, 0.25) is 0 Å². The van der Waals surface area contributed by atoms with E-state index < -0.39 is 5.91 Å². The van der Waals surface area contributed by atoms with Gasteiger partial charge in [-0.25, -0.2) is 10.5 Å². The predicted octanol–water partition coefficient (Wildman–Crippen LogP) is 2.34. The highest BCUT2D eigenvalue weighted by molar-refractivity contribution is 6.30. The molecule has 1 heterocycles. The molecule has 0 aliphatic carbocycles. The van der Waals surface area contributed by atoms with Crippen LogP contribution < -0.4 is 11.0 Å². The number of benzene rings is 2. The first-order valence-electron chi connectivity index (χ1n) is 6.71. The molecule has 2 aromatic carbocycles. The van der Waals surface area contributed by atoms with Crippen LogP contribution in [0.15, 0.2) is 58.4 Å². The fourth-order valence-electron chi connectivity index (χ4n) is 2.06. The van der Waals surface area contributed by atoms with Crippen LogP contribution in [0, 0.1) is 0 Å². The van der Waals surface area contributed by atoms with E-state index in [-0.39, 0.29) is 11.3 Å². The van der Waals surface area contributed by atoms with Crippen molar-refractivity contribution in [1.29, 1.82) is 0 Å². The summed E-state index contributed by atoms with van der Waals surface area (Å²) in [4.78, 5) is 23.9. The summed E-state index contributed by atoms with van der Waals surface area (Å²) in [6.07, 6.45) is 1.49. The van der Waals surface area contributed by atoms with Crippen molar-refractivity contribution in [2.75, 3.05) is 0 Å². The molecule has 6 nitrogen and oxygen atoms in total. The molecule has 114 valence electrons. The highest BCUT2D eigenvalue weighted by Crippen LogP contribution is 2.12. The second-order valence-corrected chi connectivity index (χ2v) is 5.13. The van der Waals surface area contributed by atoms with Crippen LogP contribution in [-0.4, -0.2) is 22.3 Å². The normalized spacial score (nSPS) is 11.0. The molecule has 2 N–H and O–H groups in total. The van der Waals surface area contributed by atoms with Crippen molar-refractivity contribution in [2.24, 2.45) is 5.10 Å². The molecule has 23 heavy (non-hydrogen) atoms. The highest BCUT2D eigenvalue weighted by Gasteiger charge is 2.12. The fourth-order valence-corrected chi connectivity index (χ4v) is 2.18. The van der Waals surface area contributed by atoms with Crippen LogP contribution in [0.25, 0.3) is 10.8 Å². The molecule has 1 amide bonds. The number of hydrogen-bond donors (Lipinski definition) is 2. The Bertz CT molecular complexity index is 948. The summed E-state index contributed by atoms with van der Waals surface area (Å²) in [5, 5.41) is 11.5. The Morgan fingerprint density at radius 1 is 1.13 bits per heavy atom. The van der Waals surface area contributed by atoms with Gasteiger partial charge in [-0.3, -0.25) is 9.59 Å². The number of hydrogen-bond acceptors (Lipinski definition) is 4. The number of hydrazone groups is 1. The van der Waals surface area contributed by atoms with Gasteiger partial charge in [0.05, 0.1) is 11.6 Å². The maximum atomic E-state index is 12.2. The van der Waals surface area contributed by atoms with Gasteiger partial charge >= 0.3 is 0 Å². The summed E-state index contributed by atoms with van der Waals surface area (Å²) in [6.45, 7) is 0. The van der Waals surface area contributed by atoms with E-state index in [1.54, 1.807) is 48.5 Å². The monoisotopic (exact) mass is 326 g/mol. The number of fused-ring (bicyclic) bond motifs is 1. The van der Waals surface area contributed by atoms with Crippen LogP contribution in [0.2, 0.25) is 5.02 Å². The predicted molar refractivity (Wildman–Crippen MR) is 88.9 cm³/mol. The summed E-state index contributed by atoms with van der Waals surface area (Å²) < 4.78 is 0. The van der Waals surface area contributed by atoms with E-state index in [9.17, 15) is 9.59 Å². The van der Waals surface area contributed by atoms with Crippen LogP contribution in [0.3, 0.4) is 0 Å². The molecule has 0 aliphatic heterocycles. The molecule has 0 radical (unpaired) electrons. The maximum absolute atomic E-state index is 12.2. The van der Waals surface area contributed by atoms with Gasteiger partial charge in [0.15, 0.2) is 5.69 Å². The van der Waals surface area contributed by atoms with Crippen molar-refractivity contribution in [2.45, 2.75) is 0 Å². The van der Waals surface area contributed by atoms with Gasteiger partial charge in [0.25, 0.3) is 11.5 Å². The number of carbonyl (C=O) groups excluding carboxylic acids is 1. The second-order valence-electron chi connectivity index (χ2n) is 4.70. The topological polar surface area (TPSA) is 87.2 Å². The number of nitrogens with zero attached hydrogens (tertiary/aromatic N) is 2. The Morgan fingerprint density at radius 2 is 1.83 bits per heavy atom. The zero-order chi connectivity index (χ0) is 16.2. The molecule has 0 unspecified atom stereocenters. The third-order valence-electron chi connectivity index (χ3n) is 3.16. The molecular formula is C16H11ClN4O2. The largest absolute Gasteiger partial charge is 0.292 e. The molecule has 0 atom stereocenters. The minimum absolute atomic E-state index is 0.105. The zero-order valence-electron chi connectivity index (χ0n) is 11.8. The Labute approximate surface area is 135 Å². The van der Waals surface area contributed by atoms with Gasteiger partial charge in [-0.1, -0.05) is 41.9 Å². The number of amides is 1. The van der Waals surface area contributed by atoms with Crippen molar-refractivity contribution in [3.8, 4) is 0 Å². The van der Waals surface area contributed by atoms with E-state index in [1.165, 1.54) is 6.21 Å². The van der Waals surface area contributed by atoms with Gasteiger partial charge in [-0.15, -0.1) is 0 Å². The van der Waals surface area contributed by atoms with Crippen molar-refractivity contribution in [3.05, 3.63) is 75.2 Å². The van der Waals surface area contributed by atoms with Crippen LogP contribution in [0.4, 0.5) is 0 Å². The molecule has 0 spiro atoms. The van der Waals surface area contributed by atoms with Gasteiger partial charge in [0, 0.05) is 10.4 Å². The molecule has 3 aromatic rings. The molecule has 0 bridgehead atoms. The van der Waals surface area contributed by atoms with Crippen LogP contribution in [-0.2, 0) is 0 Å². The summed E-state index contributed by atoms with van der Waals surface area (Å²) >= 11 is 5.79. The molecule has 0 fully saturated rings. The average Bonchev–Trinajstić information content (AvgIpc) is 2.57. The average molecular weight is 327 g/mol. The molecule has 0 saturated carbocycles. The molecular weight excluding hydrogens is 316 g/mol. The van der Waals surface area contributed by atoms with E-state index >= 15 is 0 Å². The molecule has 1 aromatic heterocycles. The molecule has 7 heteroatoms. The van der Waals surface area contributed by atoms with E-state index in [4.69, 9.17) is 11.6 Å². The van der Waals surface area contributed by atoms with E-state index in [0.29, 0.717) is 15.8 Å². The van der Waals surface area contributed by atoms with Gasteiger partial charge in [-0.2, -0.15) is 10.2 Å². The molecule has 3 rings (SSSR count). The lowest BCUT2D eigenvalue weighted by atomic mass is 10.1. The molecule has 0 aliphatic rings. The van der Waals surface area contributed by atoms with Crippen molar-refractivity contribution >= 4 is 34.5 Å². The van der Waals surface area contributed by atoms with Crippen molar-refractivity contribution < 1.29 is 4.79 Å². The Kier molecular flexibility index (Phi) is 4.16. The lowest BCUT2D eigenvalue weighted by Crippen LogP contribution is -2.22. The van der Waals surface area contributed by atoms with Crippen LogP contribution in [0.5, 0.6) is 0 Å². The van der Waals surface area contributed by atoms with Crippen molar-refractivity contribution in [3.63, 3.8) is 0 Å². The first kappa shape index (κ1) is 14.9. The van der Waals surface area contributed by atoms with Gasteiger partial charge in [0.1, 0.15) is 0 Å². The third kappa shape index (κ3) is 3.27. The standard InChI is InChI=1S/C16H11ClN4O2/c17-11-7-5-10(6-8-11)9-18-20-16(23)14-12-3-1-2-4-13(12)15(22)21-19-14/h1-9H,(H,20,23)(H,21,22)/b18-9+. The quantitative estimate of drug-likeness (QED) is 0.572. The SMILES string of the molecule is O=C(N/N=C/c1ccc(Cl)cc1)c1n[nH]c(=O)c2ccccc12. The Morgan fingerprint density at radius 3 is 2.57 bits per heavy atom. The smallest absolute Gasteiger partial charge is 0.267 e. The number of rotatable bonds is 3. The number of nitrogens with one attached hydrogen (secondary N) is 2.